The highest BCUT2D eigenvalue weighted by Crippen LogP contribution is 2.36. The number of amides is 1. The highest BCUT2D eigenvalue weighted by molar-refractivity contribution is 5.69. The van der Waals surface area contributed by atoms with Crippen LogP contribution < -0.4 is 5.32 Å². The monoisotopic (exact) mass is 307 g/mol. The molecule has 3 rings (SSSR count). The van der Waals surface area contributed by atoms with E-state index in [1.54, 1.807) is 6.20 Å². The number of hydrogen-bond donors (Lipinski definition) is 1. The lowest BCUT2D eigenvalue weighted by atomic mass is 9.97. The second-order valence-corrected chi connectivity index (χ2v) is 7.30. The molecule has 1 N–H and O–H groups in total. The maximum absolute atomic E-state index is 12.4. The van der Waals surface area contributed by atoms with E-state index in [4.69, 9.17) is 9.26 Å². The lowest BCUT2D eigenvalue weighted by Gasteiger charge is -2.39. The summed E-state index contributed by atoms with van der Waals surface area (Å²) in [6.07, 6.45) is 5.60. The van der Waals surface area contributed by atoms with Crippen LogP contribution in [-0.2, 0) is 11.3 Å². The van der Waals surface area contributed by atoms with Crippen LogP contribution in [0, 0.1) is 0 Å². The van der Waals surface area contributed by atoms with Crippen LogP contribution in [0.25, 0.3) is 0 Å². The molecule has 1 amide bonds. The van der Waals surface area contributed by atoms with E-state index in [1.807, 2.05) is 31.7 Å². The summed E-state index contributed by atoms with van der Waals surface area (Å²) in [5.74, 6) is 0.849. The largest absolute Gasteiger partial charge is 0.444 e. The number of nitrogens with one attached hydrogen (secondary N) is 1. The van der Waals surface area contributed by atoms with E-state index >= 15 is 0 Å². The molecule has 2 bridgehead atoms. The van der Waals surface area contributed by atoms with Crippen LogP contribution >= 0.6 is 0 Å². The minimum atomic E-state index is -0.433. The van der Waals surface area contributed by atoms with Crippen molar-refractivity contribution in [1.82, 2.24) is 15.4 Å². The lowest BCUT2D eigenvalue weighted by molar-refractivity contribution is 0.00457. The Labute approximate surface area is 131 Å². The number of hydrogen-bond acceptors (Lipinski definition) is 5. The Kier molecular flexibility index (Phi) is 4.12. The molecule has 22 heavy (non-hydrogen) atoms. The van der Waals surface area contributed by atoms with E-state index in [0.717, 1.165) is 31.4 Å². The fraction of sp³-hybridized carbons (Fsp3) is 0.750. The van der Waals surface area contributed by atoms with Crippen LogP contribution in [0.15, 0.2) is 16.8 Å². The molecule has 1 aromatic heterocycles. The molecule has 3 heterocycles. The molecule has 0 aliphatic carbocycles. The zero-order valence-corrected chi connectivity index (χ0v) is 13.5. The first-order valence-electron chi connectivity index (χ1n) is 8.06. The van der Waals surface area contributed by atoms with Gasteiger partial charge in [-0.05, 0) is 46.5 Å². The zero-order chi connectivity index (χ0) is 15.7. The number of rotatable bonds is 3. The Balaban J connectivity index is 1.56. The van der Waals surface area contributed by atoms with Gasteiger partial charge in [0.25, 0.3) is 0 Å². The second-order valence-electron chi connectivity index (χ2n) is 7.30. The Hall–Kier alpha value is -1.56. The highest BCUT2D eigenvalue weighted by atomic mass is 16.6. The van der Waals surface area contributed by atoms with Crippen LogP contribution in [0.5, 0.6) is 0 Å². The molecule has 6 heteroatoms. The van der Waals surface area contributed by atoms with Crippen molar-refractivity contribution in [1.29, 1.82) is 0 Å². The standard InChI is InChI=1S/C16H25N3O3/c1-16(2,3)21-15(20)19-12-4-5-13(19)9-11(8-12)17-10-14-6-7-18-22-14/h6-7,11-13,17H,4-5,8-10H2,1-3H3. The molecule has 2 aliphatic rings. The predicted octanol–water partition coefficient (Wildman–Crippen LogP) is 2.69. The van der Waals surface area contributed by atoms with E-state index in [9.17, 15) is 4.79 Å². The zero-order valence-electron chi connectivity index (χ0n) is 13.5. The Morgan fingerprint density at radius 1 is 1.41 bits per heavy atom. The fourth-order valence-corrected chi connectivity index (χ4v) is 3.53. The summed E-state index contributed by atoms with van der Waals surface area (Å²) in [5, 5.41) is 7.23. The molecule has 2 aliphatic heterocycles. The summed E-state index contributed by atoms with van der Waals surface area (Å²) in [4.78, 5) is 14.4. The lowest BCUT2D eigenvalue weighted by Crippen LogP contribution is -2.52. The average Bonchev–Trinajstić information content (AvgIpc) is 3.01. The van der Waals surface area contributed by atoms with Gasteiger partial charge in [0.2, 0.25) is 0 Å². The first kappa shape index (κ1) is 15.3. The van der Waals surface area contributed by atoms with Crippen LogP contribution in [0.4, 0.5) is 4.79 Å². The van der Waals surface area contributed by atoms with Gasteiger partial charge in [-0.25, -0.2) is 4.79 Å². The van der Waals surface area contributed by atoms with Crippen molar-refractivity contribution < 1.29 is 14.1 Å². The number of carbonyl (C=O) groups excluding carboxylic acids is 1. The minimum Gasteiger partial charge on any atom is -0.444 e. The van der Waals surface area contributed by atoms with Crippen molar-refractivity contribution in [3.8, 4) is 0 Å². The van der Waals surface area contributed by atoms with Gasteiger partial charge in [-0.3, -0.25) is 0 Å². The summed E-state index contributed by atoms with van der Waals surface area (Å²) < 4.78 is 10.7. The summed E-state index contributed by atoms with van der Waals surface area (Å²) in [6, 6.07) is 2.88. The minimum absolute atomic E-state index is 0.159. The molecule has 2 fully saturated rings. The molecule has 6 nitrogen and oxygen atoms in total. The van der Waals surface area contributed by atoms with Gasteiger partial charge in [-0.15, -0.1) is 0 Å². The molecular formula is C16H25N3O3. The van der Waals surface area contributed by atoms with Crippen LogP contribution in [0.2, 0.25) is 0 Å². The van der Waals surface area contributed by atoms with E-state index in [1.165, 1.54) is 0 Å². The van der Waals surface area contributed by atoms with Gasteiger partial charge in [-0.1, -0.05) is 5.16 Å². The van der Waals surface area contributed by atoms with Crippen LogP contribution in [-0.4, -0.2) is 39.9 Å². The summed E-state index contributed by atoms with van der Waals surface area (Å²) >= 11 is 0. The van der Waals surface area contributed by atoms with Crippen molar-refractivity contribution >= 4 is 6.09 Å². The highest BCUT2D eigenvalue weighted by Gasteiger charge is 2.44. The molecule has 122 valence electrons. The first-order valence-corrected chi connectivity index (χ1v) is 8.06. The Morgan fingerprint density at radius 3 is 2.64 bits per heavy atom. The Bertz CT molecular complexity index is 495. The van der Waals surface area contributed by atoms with E-state index in [2.05, 4.69) is 10.5 Å². The number of carbonyl (C=O) groups is 1. The van der Waals surface area contributed by atoms with Gasteiger partial charge in [0.05, 0.1) is 12.7 Å². The summed E-state index contributed by atoms with van der Waals surface area (Å²) in [6.45, 7) is 6.44. The molecule has 2 saturated heterocycles. The van der Waals surface area contributed by atoms with Crippen molar-refractivity contribution in [2.24, 2.45) is 0 Å². The number of fused-ring (bicyclic) bond motifs is 2. The Morgan fingerprint density at radius 2 is 2.09 bits per heavy atom. The van der Waals surface area contributed by atoms with Crippen molar-refractivity contribution in [2.45, 2.75) is 76.7 Å². The van der Waals surface area contributed by atoms with E-state index < -0.39 is 5.60 Å². The number of aromatic nitrogens is 1. The van der Waals surface area contributed by atoms with Crippen molar-refractivity contribution in [3.63, 3.8) is 0 Å². The normalized spacial score (nSPS) is 28.0. The van der Waals surface area contributed by atoms with Crippen LogP contribution in [0.1, 0.15) is 52.2 Å². The molecule has 2 atom stereocenters. The van der Waals surface area contributed by atoms with Gasteiger partial charge < -0.3 is 19.5 Å². The molecule has 0 radical (unpaired) electrons. The molecule has 2 unspecified atom stereocenters. The fourth-order valence-electron chi connectivity index (χ4n) is 3.53. The predicted molar refractivity (Wildman–Crippen MR) is 81.2 cm³/mol. The third-order valence-corrected chi connectivity index (χ3v) is 4.39. The van der Waals surface area contributed by atoms with Gasteiger partial charge in [-0.2, -0.15) is 0 Å². The molecule has 1 aromatic rings. The first-order chi connectivity index (χ1) is 10.4. The maximum atomic E-state index is 12.4. The van der Waals surface area contributed by atoms with Gasteiger partial charge in [0.1, 0.15) is 11.4 Å². The van der Waals surface area contributed by atoms with Gasteiger partial charge in [0, 0.05) is 24.2 Å². The third-order valence-electron chi connectivity index (χ3n) is 4.39. The third kappa shape index (κ3) is 3.43. The van der Waals surface area contributed by atoms with E-state index in [0.29, 0.717) is 24.7 Å². The van der Waals surface area contributed by atoms with Crippen molar-refractivity contribution in [3.05, 3.63) is 18.0 Å². The molecule has 0 spiro atoms. The SMILES string of the molecule is CC(C)(C)OC(=O)N1C2CCC1CC(NCc1ccno1)C2. The number of piperidine rings is 1. The maximum Gasteiger partial charge on any atom is 0.410 e. The topological polar surface area (TPSA) is 67.6 Å². The molecular weight excluding hydrogens is 282 g/mol. The number of nitrogens with zero attached hydrogens (tertiary/aromatic N) is 2. The summed E-state index contributed by atoms with van der Waals surface area (Å²) in [7, 11) is 0. The quantitative estimate of drug-likeness (QED) is 0.930. The van der Waals surface area contributed by atoms with Gasteiger partial charge >= 0.3 is 6.09 Å². The smallest absolute Gasteiger partial charge is 0.410 e. The van der Waals surface area contributed by atoms with Gasteiger partial charge in [0.15, 0.2) is 0 Å². The molecule has 0 aromatic carbocycles. The van der Waals surface area contributed by atoms with Crippen molar-refractivity contribution in [2.75, 3.05) is 0 Å². The number of ether oxygens (including phenoxy) is 1. The van der Waals surface area contributed by atoms with Crippen LogP contribution in [0.3, 0.4) is 0 Å². The molecule has 0 saturated carbocycles. The second kappa shape index (κ2) is 5.91. The summed E-state index contributed by atoms with van der Waals surface area (Å²) in [5.41, 5.74) is -0.433. The average molecular weight is 307 g/mol. The van der Waals surface area contributed by atoms with E-state index in [-0.39, 0.29) is 6.09 Å².